The summed E-state index contributed by atoms with van der Waals surface area (Å²) in [5.74, 6) is 0.939. The number of nitrogens with zero attached hydrogens (tertiary/aromatic N) is 4. The first-order valence-corrected chi connectivity index (χ1v) is 8.35. The molecule has 6 heteroatoms. The van der Waals surface area contributed by atoms with Crippen LogP contribution in [0.1, 0.15) is 26.2 Å². The van der Waals surface area contributed by atoms with Crippen molar-refractivity contribution in [2.45, 2.75) is 38.4 Å². The molecule has 23 heavy (non-hydrogen) atoms. The van der Waals surface area contributed by atoms with E-state index in [9.17, 15) is 5.11 Å². The summed E-state index contributed by atoms with van der Waals surface area (Å²) in [5, 5.41) is 10.3. The molecule has 1 saturated carbocycles. The number of aromatic nitrogens is 3. The monoisotopic (exact) mass is 314 g/mol. The lowest BCUT2D eigenvalue weighted by molar-refractivity contribution is -0.199. The zero-order valence-electron chi connectivity index (χ0n) is 13.4. The molecule has 2 aromatic rings. The highest BCUT2D eigenvalue weighted by Gasteiger charge is 2.56. The standard InChI is InChI=1S/C17H22N4O2/c1-2-23-14-11-13(22)17(14)5-9-21(10-6-17)15-4-3-12-16(20-15)19-8-7-18-12/h3-4,7-8,13-14,22H,2,5-6,9-11H2,1H3/t13-,14+/m1/s1. The number of piperidine rings is 1. The Morgan fingerprint density at radius 1 is 1.26 bits per heavy atom. The molecule has 0 unspecified atom stereocenters. The van der Waals surface area contributed by atoms with Crippen LogP contribution >= 0.6 is 0 Å². The number of hydrogen-bond donors (Lipinski definition) is 1. The number of pyridine rings is 1. The molecule has 122 valence electrons. The fourth-order valence-corrected chi connectivity index (χ4v) is 3.99. The van der Waals surface area contributed by atoms with Crippen LogP contribution in [0.5, 0.6) is 0 Å². The molecular formula is C17H22N4O2. The van der Waals surface area contributed by atoms with Gasteiger partial charge in [-0.05, 0) is 31.9 Å². The van der Waals surface area contributed by atoms with E-state index in [2.05, 4.69) is 19.9 Å². The minimum Gasteiger partial charge on any atom is -0.392 e. The van der Waals surface area contributed by atoms with Gasteiger partial charge in [-0.2, -0.15) is 0 Å². The minimum atomic E-state index is -0.225. The van der Waals surface area contributed by atoms with Crippen LogP contribution in [0, 0.1) is 5.41 Å². The van der Waals surface area contributed by atoms with Crippen molar-refractivity contribution >= 4 is 17.0 Å². The molecule has 3 heterocycles. The number of hydrogen-bond acceptors (Lipinski definition) is 6. The molecule has 0 bridgehead atoms. The summed E-state index contributed by atoms with van der Waals surface area (Å²) >= 11 is 0. The third-order valence-electron chi connectivity index (χ3n) is 5.45. The number of fused-ring (bicyclic) bond motifs is 1. The van der Waals surface area contributed by atoms with E-state index in [0.29, 0.717) is 12.3 Å². The van der Waals surface area contributed by atoms with Crippen LogP contribution in [-0.4, -0.2) is 52.0 Å². The number of ether oxygens (including phenoxy) is 1. The molecule has 6 nitrogen and oxygen atoms in total. The fourth-order valence-electron chi connectivity index (χ4n) is 3.99. The second kappa shape index (κ2) is 5.69. The van der Waals surface area contributed by atoms with Gasteiger partial charge < -0.3 is 14.7 Å². The number of aliphatic hydroxyl groups excluding tert-OH is 1. The molecule has 0 amide bonds. The molecule has 1 aliphatic heterocycles. The lowest BCUT2D eigenvalue weighted by Crippen LogP contribution is -2.62. The lowest BCUT2D eigenvalue weighted by Gasteiger charge is -2.56. The third kappa shape index (κ3) is 2.37. The van der Waals surface area contributed by atoms with E-state index in [1.165, 1.54) is 0 Å². The molecule has 2 atom stereocenters. The van der Waals surface area contributed by atoms with E-state index in [1.54, 1.807) is 12.4 Å². The van der Waals surface area contributed by atoms with E-state index in [-0.39, 0.29) is 17.6 Å². The maximum absolute atomic E-state index is 10.3. The van der Waals surface area contributed by atoms with Gasteiger partial charge >= 0.3 is 0 Å². The Morgan fingerprint density at radius 3 is 2.78 bits per heavy atom. The highest BCUT2D eigenvalue weighted by molar-refractivity contribution is 5.71. The molecule has 4 rings (SSSR count). The molecule has 0 radical (unpaired) electrons. The summed E-state index contributed by atoms with van der Waals surface area (Å²) in [6.07, 6.45) is 5.99. The Hall–Kier alpha value is -1.79. The van der Waals surface area contributed by atoms with Crippen molar-refractivity contribution in [3.63, 3.8) is 0 Å². The molecule has 1 spiro atoms. The van der Waals surface area contributed by atoms with Crippen LogP contribution in [-0.2, 0) is 4.74 Å². The van der Waals surface area contributed by atoms with E-state index >= 15 is 0 Å². The Labute approximate surface area is 135 Å². The van der Waals surface area contributed by atoms with Gasteiger partial charge in [-0.15, -0.1) is 0 Å². The minimum absolute atomic E-state index is 0.0524. The van der Waals surface area contributed by atoms with Crippen LogP contribution in [0.2, 0.25) is 0 Å². The summed E-state index contributed by atoms with van der Waals surface area (Å²) in [6.45, 7) is 4.51. The summed E-state index contributed by atoms with van der Waals surface area (Å²) < 4.78 is 5.83. The zero-order chi connectivity index (χ0) is 15.9. The second-order valence-electron chi connectivity index (χ2n) is 6.48. The second-order valence-corrected chi connectivity index (χ2v) is 6.48. The summed E-state index contributed by atoms with van der Waals surface area (Å²) in [5.41, 5.74) is 1.44. The highest BCUT2D eigenvalue weighted by atomic mass is 16.5. The van der Waals surface area contributed by atoms with Crippen LogP contribution in [0.4, 0.5) is 5.82 Å². The molecule has 0 aromatic carbocycles. The van der Waals surface area contributed by atoms with Crippen molar-refractivity contribution in [3.05, 3.63) is 24.5 Å². The van der Waals surface area contributed by atoms with Gasteiger partial charge in [0.2, 0.25) is 0 Å². The quantitative estimate of drug-likeness (QED) is 0.931. The van der Waals surface area contributed by atoms with Gasteiger partial charge in [0, 0.05) is 43.9 Å². The average Bonchev–Trinajstić information content (AvgIpc) is 2.61. The first kappa shape index (κ1) is 14.8. The molecule has 2 fully saturated rings. The van der Waals surface area contributed by atoms with Crippen molar-refractivity contribution < 1.29 is 9.84 Å². The first-order valence-electron chi connectivity index (χ1n) is 8.35. The highest BCUT2D eigenvalue weighted by Crippen LogP contribution is 2.51. The predicted molar refractivity (Wildman–Crippen MR) is 87.3 cm³/mol. The normalized spacial score (nSPS) is 26.4. The van der Waals surface area contributed by atoms with Crippen molar-refractivity contribution in [2.75, 3.05) is 24.6 Å². The molecule has 2 aromatic heterocycles. The molecular weight excluding hydrogens is 292 g/mol. The maximum Gasteiger partial charge on any atom is 0.180 e. The lowest BCUT2D eigenvalue weighted by atomic mass is 9.58. The van der Waals surface area contributed by atoms with Gasteiger partial charge in [-0.1, -0.05) is 0 Å². The predicted octanol–water partition coefficient (Wildman–Crippen LogP) is 1.78. The third-order valence-corrected chi connectivity index (χ3v) is 5.45. The van der Waals surface area contributed by atoms with Crippen molar-refractivity contribution in [2.24, 2.45) is 5.41 Å². The smallest absolute Gasteiger partial charge is 0.180 e. The van der Waals surface area contributed by atoms with Gasteiger partial charge in [0.1, 0.15) is 11.3 Å². The average molecular weight is 314 g/mol. The number of aliphatic hydroxyl groups is 1. The number of anilines is 1. The van der Waals surface area contributed by atoms with Crippen molar-refractivity contribution in [3.8, 4) is 0 Å². The van der Waals surface area contributed by atoms with E-state index in [1.807, 2.05) is 19.1 Å². The maximum atomic E-state index is 10.3. The molecule has 1 N–H and O–H groups in total. The largest absolute Gasteiger partial charge is 0.392 e. The van der Waals surface area contributed by atoms with Gasteiger partial charge in [-0.25, -0.2) is 9.97 Å². The molecule has 1 aliphatic carbocycles. The molecule has 2 aliphatic rings. The van der Waals surface area contributed by atoms with Gasteiger partial charge in [0.15, 0.2) is 5.65 Å². The van der Waals surface area contributed by atoms with Crippen LogP contribution in [0.15, 0.2) is 24.5 Å². The van der Waals surface area contributed by atoms with E-state index in [4.69, 9.17) is 4.74 Å². The van der Waals surface area contributed by atoms with Crippen LogP contribution in [0.25, 0.3) is 11.2 Å². The van der Waals surface area contributed by atoms with Crippen LogP contribution in [0.3, 0.4) is 0 Å². The van der Waals surface area contributed by atoms with Gasteiger partial charge in [-0.3, -0.25) is 4.98 Å². The summed E-state index contributed by atoms with van der Waals surface area (Å²) in [4.78, 5) is 15.4. The fraction of sp³-hybridized carbons (Fsp3) is 0.588. The topological polar surface area (TPSA) is 71.4 Å². The summed E-state index contributed by atoms with van der Waals surface area (Å²) in [7, 11) is 0. The SMILES string of the molecule is CCO[C@H]1C[C@@H](O)C12CCN(c1ccc3nccnc3n1)CC2. The summed E-state index contributed by atoms with van der Waals surface area (Å²) in [6, 6.07) is 3.97. The van der Waals surface area contributed by atoms with Crippen molar-refractivity contribution in [1.29, 1.82) is 0 Å². The Morgan fingerprint density at radius 2 is 2.04 bits per heavy atom. The first-order chi connectivity index (χ1) is 11.2. The Bertz CT molecular complexity index is 698. The van der Waals surface area contributed by atoms with Gasteiger partial charge in [0.25, 0.3) is 0 Å². The van der Waals surface area contributed by atoms with E-state index < -0.39 is 0 Å². The number of rotatable bonds is 3. The van der Waals surface area contributed by atoms with Gasteiger partial charge in [0.05, 0.1) is 12.2 Å². The van der Waals surface area contributed by atoms with Crippen molar-refractivity contribution in [1.82, 2.24) is 15.0 Å². The Balaban J connectivity index is 1.50. The Kier molecular flexibility index (Phi) is 3.66. The molecule has 1 saturated heterocycles. The zero-order valence-corrected chi connectivity index (χ0v) is 13.4. The van der Waals surface area contributed by atoms with Crippen LogP contribution < -0.4 is 4.90 Å². The van der Waals surface area contributed by atoms with E-state index in [0.717, 1.165) is 43.7 Å².